The zero-order valence-corrected chi connectivity index (χ0v) is 17.7. The van der Waals surface area contributed by atoms with Crippen LogP contribution in [0.15, 0.2) is 131 Å². The largest absolute Gasteiger partial charge is 0.276 e. The molecule has 0 atom stereocenters. The first-order chi connectivity index (χ1) is 15.4. The van der Waals surface area contributed by atoms with Gasteiger partial charge in [-0.25, -0.2) is 0 Å². The lowest BCUT2D eigenvalue weighted by Gasteiger charge is -2.41. The lowest BCUT2D eigenvalue weighted by Crippen LogP contribution is -2.15. The van der Waals surface area contributed by atoms with Crippen LogP contribution in [0.4, 0.5) is 0 Å². The Morgan fingerprint density at radius 3 is 1.26 bits per heavy atom. The number of fused-ring (bicyclic) bond motifs is 7. The Balaban J connectivity index is 1.77. The third kappa shape index (κ3) is 2.09. The summed E-state index contributed by atoms with van der Waals surface area (Å²) in [6.07, 6.45) is 0. The fourth-order valence-corrected chi connectivity index (χ4v) is 9.16. The van der Waals surface area contributed by atoms with Gasteiger partial charge in [-0.05, 0) is 58.9 Å². The van der Waals surface area contributed by atoms with Gasteiger partial charge in [0.15, 0.2) is 0 Å². The number of rotatable bonds is 2. The molecule has 6 aromatic rings. The molecule has 2 aromatic heterocycles. The van der Waals surface area contributed by atoms with Gasteiger partial charge in [0.2, 0.25) is 0 Å². The minimum atomic E-state index is -1.77. The fourth-order valence-electron chi connectivity index (χ4n) is 5.05. The van der Waals surface area contributed by atoms with Gasteiger partial charge in [-0.15, -0.1) is 0 Å². The molecule has 0 radical (unpaired) electrons. The van der Waals surface area contributed by atoms with Crippen molar-refractivity contribution in [3.05, 3.63) is 121 Å². The summed E-state index contributed by atoms with van der Waals surface area (Å²) >= 11 is 0. The summed E-state index contributed by atoms with van der Waals surface area (Å²) in [5, 5.41) is 2.58. The Bertz CT molecular complexity index is 1450. The van der Waals surface area contributed by atoms with Crippen LogP contribution in [0.3, 0.4) is 0 Å². The maximum absolute atomic E-state index is 2.62. The van der Waals surface area contributed by atoms with E-state index in [9.17, 15) is 0 Å². The molecular weight excluding hydrogens is 396 g/mol. The first kappa shape index (κ1) is 17.0. The highest BCUT2D eigenvalue weighted by molar-refractivity contribution is 8.31. The third-order valence-electron chi connectivity index (χ3n) is 6.27. The number of aromatic nitrogens is 2. The van der Waals surface area contributed by atoms with E-state index in [1.54, 1.807) is 0 Å². The zero-order chi connectivity index (χ0) is 20.4. The van der Waals surface area contributed by atoms with Crippen LogP contribution in [0.2, 0.25) is 0 Å². The number of hydrogen-bond donors (Lipinski definition) is 0. The molecule has 0 bridgehead atoms. The second-order valence-corrected chi connectivity index (χ2v) is 10.7. The molecule has 0 saturated carbocycles. The SMILES string of the molecule is c1ccc(S2(c3ccccc3)n3c(cc4ccccc43)-c3cc4ccccc4n32)cc1. The summed E-state index contributed by atoms with van der Waals surface area (Å²) in [6.45, 7) is 0. The molecule has 0 spiro atoms. The average Bonchev–Trinajstić information content (AvgIpc) is 3.48. The van der Waals surface area contributed by atoms with E-state index in [4.69, 9.17) is 0 Å². The van der Waals surface area contributed by atoms with Crippen molar-refractivity contribution in [1.82, 2.24) is 7.94 Å². The van der Waals surface area contributed by atoms with Gasteiger partial charge < -0.3 is 0 Å². The monoisotopic (exact) mass is 416 g/mol. The standard InChI is InChI=1S/C28H20N2S/c1-3-13-23(14-4-1)31(24-15-5-2-6-16-24)29-25-17-9-7-11-21(25)19-27(29)28-20-22-12-8-10-18-26(22)30(28)31/h1-20H. The van der Waals surface area contributed by atoms with E-state index in [2.05, 4.69) is 129 Å². The van der Waals surface area contributed by atoms with Crippen molar-refractivity contribution in [2.24, 2.45) is 0 Å². The molecule has 148 valence electrons. The van der Waals surface area contributed by atoms with Crippen LogP contribution in [0.25, 0.3) is 33.2 Å². The van der Waals surface area contributed by atoms with E-state index in [-0.39, 0.29) is 0 Å². The second kappa shape index (κ2) is 6.16. The van der Waals surface area contributed by atoms with Gasteiger partial charge in [0.05, 0.1) is 22.4 Å². The van der Waals surface area contributed by atoms with Gasteiger partial charge in [-0.2, -0.15) is 0 Å². The Morgan fingerprint density at radius 1 is 0.419 bits per heavy atom. The van der Waals surface area contributed by atoms with E-state index in [1.807, 2.05) is 0 Å². The van der Waals surface area contributed by atoms with Crippen molar-refractivity contribution in [1.29, 1.82) is 0 Å². The van der Waals surface area contributed by atoms with Gasteiger partial charge in [-0.3, -0.25) is 7.94 Å². The minimum absolute atomic E-state index is 1.29. The Hall–Kier alpha value is -3.69. The van der Waals surface area contributed by atoms with E-state index in [0.717, 1.165) is 0 Å². The first-order valence-corrected chi connectivity index (χ1v) is 12.1. The molecule has 0 amide bonds. The van der Waals surface area contributed by atoms with E-state index in [0.29, 0.717) is 0 Å². The molecule has 1 aliphatic heterocycles. The summed E-state index contributed by atoms with van der Waals surface area (Å²) in [5.74, 6) is 0. The van der Waals surface area contributed by atoms with Crippen LogP contribution >= 0.6 is 10.4 Å². The molecule has 4 aromatic carbocycles. The maximum atomic E-state index is 2.62. The summed E-state index contributed by atoms with van der Waals surface area (Å²) in [5.41, 5.74) is 5.15. The lowest BCUT2D eigenvalue weighted by molar-refractivity contribution is 1.19. The summed E-state index contributed by atoms with van der Waals surface area (Å²) in [6, 6.07) is 44.4. The van der Waals surface area contributed by atoms with Crippen LogP contribution in [-0.4, -0.2) is 7.94 Å². The smallest absolute Gasteiger partial charge is 0.0785 e. The molecule has 2 nitrogen and oxygen atoms in total. The molecule has 0 fully saturated rings. The Kier molecular flexibility index (Phi) is 3.39. The van der Waals surface area contributed by atoms with Crippen molar-refractivity contribution in [2.75, 3.05) is 0 Å². The predicted molar refractivity (Wildman–Crippen MR) is 131 cm³/mol. The molecule has 7 rings (SSSR count). The molecule has 0 unspecified atom stereocenters. The number of nitrogens with zero attached hydrogens (tertiary/aromatic N) is 2. The molecule has 0 aliphatic carbocycles. The van der Waals surface area contributed by atoms with Crippen LogP contribution in [-0.2, 0) is 0 Å². The first-order valence-electron chi connectivity index (χ1n) is 10.5. The highest BCUT2D eigenvalue weighted by Gasteiger charge is 2.43. The van der Waals surface area contributed by atoms with Crippen LogP contribution < -0.4 is 0 Å². The van der Waals surface area contributed by atoms with Crippen molar-refractivity contribution in [3.63, 3.8) is 0 Å². The number of hydrogen-bond acceptors (Lipinski definition) is 0. The van der Waals surface area contributed by atoms with Crippen LogP contribution in [0.1, 0.15) is 0 Å². The molecular formula is C28H20N2S. The molecule has 0 saturated heterocycles. The van der Waals surface area contributed by atoms with Crippen molar-refractivity contribution in [2.45, 2.75) is 9.79 Å². The van der Waals surface area contributed by atoms with Gasteiger partial charge in [0.25, 0.3) is 0 Å². The number of benzene rings is 4. The summed E-state index contributed by atoms with van der Waals surface area (Å²) < 4.78 is 5.24. The highest BCUT2D eigenvalue weighted by atomic mass is 32.3. The molecule has 3 heterocycles. The van der Waals surface area contributed by atoms with Gasteiger partial charge in [0.1, 0.15) is 0 Å². The predicted octanol–water partition coefficient (Wildman–Crippen LogP) is 7.73. The molecule has 3 heteroatoms. The van der Waals surface area contributed by atoms with Crippen LogP contribution in [0.5, 0.6) is 0 Å². The third-order valence-corrected chi connectivity index (χ3v) is 9.97. The fraction of sp³-hybridized carbons (Fsp3) is 0. The normalized spacial score (nSPS) is 15.1. The Morgan fingerprint density at radius 2 is 0.806 bits per heavy atom. The molecule has 0 N–H and O–H groups in total. The van der Waals surface area contributed by atoms with Gasteiger partial charge in [0, 0.05) is 20.6 Å². The number of para-hydroxylation sites is 2. The minimum Gasteiger partial charge on any atom is -0.276 e. The maximum Gasteiger partial charge on any atom is 0.0785 e. The van der Waals surface area contributed by atoms with E-state index in [1.165, 1.54) is 43.0 Å². The van der Waals surface area contributed by atoms with E-state index >= 15 is 0 Å². The van der Waals surface area contributed by atoms with Gasteiger partial charge in [-0.1, -0.05) is 72.8 Å². The second-order valence-electron chi connectivity index (χ2n) is 7.94. The van der Waals surface area contributed by atoms with Crippen molar-refractivity contribution in [3.8, 4) is 11.4 Å². The molecule has 31 heavy (non-hydrogen) atoms. The summed E-state index contributed by atoms with van der Waals surface area (Å²) in [7, 11) is -1.77. The zero-order valence-electron chi connectivity index (χ0n) is 16.8. The highest BCUT2D eigenvalue weighted by Crippen LogP contribution is 2.72. The molecule has 1 aliphatic rings. The van der Waals surface area contributed by atoms with E-state index < -0.39 is 10.4 Å². The van der Waals surface area contributed by atoms with Crippen molar-refractivity contribution >= 4 is 32.2 Å². The lowest BCUT2D eigenvalue weighted by atomic mass is 10.2. The average molecular weight is 417 g/mol. The van der Waals surface area contributed by atoms with Gasteiger partial charge >= 0.3 is 0 Å². The summed E-state index contributed by atoms with van der Waals surface area (Å²) in [4.78, 5) is 2.67. The Labute approximate surface area is 182 Å². The van der Waals surface area contributed by atoms with Crippen LogP contribution in [0, 0.1) is 0 Å². The topological polar surface area (TPSA) is 9.86 Å². The van der Waals surface area contributed by atoms with Crippen molar-refractivity contribution < 1.29 is 0 Å². The quantitative estimate of drug-likeness (QED) is 0.273.